The fourth-order valence-electron chi connectivity index (χ4n) is 1.42. The van der Waals surface area contributed by atoms with Crippen LogP contribution in [-0.2, 0) is 0 Å². The third-order valence-corrected chi connectivity index (χ3v) is 2.95. The van der Waals surface area contributed by atoms with E-state index in [0.29, 0.717) is 10.5 Å². The molecule has 14 heavy (non-hydrogen) atoms. The second-order valence-electron chi connectivity index (χ2n) is 3.06. The molecular formula is C10H7Cl2NO. The minimum Gasteiger partial charge on any atom is -0.319 e. The largest absolute Gasteiger partial charge is 0.319 e. The molecule has 0 fully saturated rings. The molecule has 0 aliphatic carbocycles. The summed E-state index contributed by atoms with van der Waals surface area (Å²) in [5, 5.41) is 1.63. The molecule has 2 rings (SSSR count). The first-order valence-electron chi connectivity index (χ1n) is 4.08. The zero-order chi connectivity index (χ0) is 10.3. The van der Waals surface area contributed by atoms with E-state index < -0.39 is 0 Å². The molecule has 0 aliphatic rings. The number of rotatable bonds is 0. The van der Waals surface area contributed by atoms with Gasteiger partial charge < -0.3 is 4.98 Å². The second kappa shape index (κ2) is 3.30. The van der Waals surface area contributed by atoms with Gasteiger partial charge in [-0.2, -0.15) is 0 Å². The minimum atomic E-state index is -0.301. The Labute approximate surface area is 90.5 Å². The Morgan fingerprint density at radius 2 is 2.00 bits per heavy atom. The van der Waals surface area contributed by atoms with Crippen LogP contribution in [0.25, 0.3) is 10.9 Å². The maximum absolute atomic E-state index is 11.4. The van der Waals surface area contributed by atoms with Crippen LogP contribution in [-0.4, -0.2) is 4.98 Å². The molecule has 0 saturated heterocycles. The van der Waals surface area contributed by atoms with Crippen LogP contribution in [0.5, 0.6) is 0 Å². The fourth-order valence-corrected chi connectivity index (χ4v) is 1.79. The van der Waals surface area contributed by atoms with Crippen molar-refractivity contribution < 1.29 is 0 Å². The van der Waals surface area contributed by atoms with E-state index in [1.807, 2.05) is 12.1 Å². The number of aromatic amines is 1. The Kier molecular flexibility index (Phi) is 2.25. The topological polar surface area (TPSA) is 32.9 Å². The van der Waals surface area contributed by atoms with Crippen molar-refractivity contribution in [2.75, 3.05) is 0 Å². The first kappa shape index (κ1) is 9.56. The third-order valence-electron chi connectivity index (χ3n) is 2.18. The number of pyridine rings is 1. The van der Waals surface area contributed by atoms with Crippen LogP contribution in [0.15, 0.2) is 23.0 Å². The molecule has 0 atom stereocenters. The number of fused-ring (bicyclic) bond motifs is 1. The minimum absolute atomic E-state index is 0.222. The van der Waals surface area contributed by atoms with E-state index in [1.54, 1.807) is 13.0 Å². The van der Waals surface area contributed by atoms with Crippen LogP contribution < -0.4 is 5.56 Å². The smallest absolute Gasteiger partial charge is 0.267 e. The van der Waals surface area contributed by atoms with Crippen molar-refractivity contribution in [2.24, 2.45) is 0 Å². The molecule has 2 aromatic rings. The molecule has 1 N–H and O–H groups in total. The highest BCUT2D eigenvalue weighted by Crippen LogP contribution is 2.25. The van der Waals surface area contributed by atoms with Gasteiger partial charge in [0.15, 0.2) is 0 Å². The summed E-state index contributed by atoms with van der Waals surface area (Å²) in [4.78, 5) is 14.0. The normalized spacial score (nSPS) is 10.8. The van der Waals surface area contributed by atoms with Crippen molar-refractivity contribution >= 4 is 34.1 Å². The molecule has 1 heterocycles. The maximum Gasteiger partial charge on any atom is 0.267 e. The summed E-state index contributed by atoms with van der Waals surface area (Å²) in [6, 6.07) is 5.43. The average molecular weight is 228 g/mol. The summed E-state index contributed by atoms with van der Waals surface area (Å²) in [5.74, 6) is 0. The lowest BCUT2D eigenvalue weighted by Crippen LogP contribution is -2.08. The van der Waals surface area contributed by atoms with Crippen LogP contribution >= 0.6 is 23.2 Å². The summed E-state index contributed by atoms with van der Waals surface area (Å²) >= 11 is 11.8. The highest BCUT2D eigenvalue weighted by atomic mass is 35.5. The number of para-hydroxylation sites is 1. The molecule has 1 aromatic heterocycles. The molecule has 0 saturated carbocycles. The Morgan fingerprint density at radius 3 is 2.71 bits per heavy atom. The summed E-state index contributed by atoms with van der Waals surface area (Å²) in [6.45, 7) is 1.80. The van der Waals surface area contributed by atoms with Crippen LogP contribution in [0.4, 0.5) is 0 Å². The molecule has 0 unspecified atom stereocenters. The van der Waals surface area contributed by atoms with Crippen LogP contribution in [0.3, 0.4) is 0 Å². The molecule has 2 nitrogen and oxygen atoms in total. The molecule has 0 spiro atoms. The summed E-state index contributed by atoms with van der Waals surface area (Å²) in [5.41, 5.74) is 1.10. The molecule has 4 heteroatoms. The maximum atomic E-state index is 11.4. The van der Waals surface area contributed by atoms with Gasteiger partial charge in [0.1, 0.15) is 5.02 Å². The summed E-state index contributed by atoms with van der Waals surface area (Å²) in [6.07, 6.45) is 0. The predicted octanol–water partition coefficient (Wildman–Crippen LogP) is 3.14. The number of halogens is 2. The van der Waals surface area contributed by atoms with E-state index in [2.05, 4.69) is 4.98 Å². The SMILES string of the molecule is Cc1c(Cl)c(=O)[nH]c2c(Cl)cccc12. The van der Waals surface area contributed by atoms with Gasteiger partial charge in [0, 0.05) is 5.39 Å². The molecule has 0 bridgehead atoms. The van der Waals surface area contributed by atoms with E-state index in [-0.39, 0.29) is 10.6 Å². The molecule has 1 aromatic carbocycles. The van der Waals surface area contributed by atoms with Gasteiger partial charge in [-0.3, -0.25) is 4.79 Å². The number of H-pyrrole nitrogens is 1. The number of aromatic nitrogens is 1. The molecule has 0 amide bonds. The zero-order valence-corrected chi connectivity index (χ0v) is 8.91. The summed E-state index contributed by atoms with van der Waals surface area (Å²) < 4.78 is 0. The van der Waals surface area contributed by atoms with Gasteiger partial charge in [0.05, 0.1) is 10.5 Å². The van der Waals surface area contributed by atoms with Crippen LogP contribution in [0, 0.1) is 6.92 Å². The number of aryl methyl sites for hydroxylation is 1. The number of benzene rings is 1. The van der Waals surface area contributed by atoms with E-state index in [0.717, 1.165) is 10.9 Å². The van der Waals surface area contributed by atoms with E-state index in [9.17, 15) is 4.79 Å². The van der Waals surface area contributed by atoms with Crippen molar-refractivity contribution in [3.05, 3.63) is 44.2 Å². The van der Waals surface area contributed by atoms with Crippen molar-refractivity contribution in [3.63, 3.8) is 0 Å². The first-order chi connectivity index (χ1) is 6.61. The monoisotopic (exact) mass is 227 g/mol. The number of nitrogens with one attached hydrogen (secondary N) is 1. The standard InChI is InChI=1S/C10H7Cl2NO/c1-5-6-3-2-4-7(11)9(6)13-10(14)8(5)12/h2-4H,1H3,(H,13,14). The Bertz CT molecular complexity index is 560. The molecule has 72 valence electrons. The highest BCUT2D eigenvalue weighted by Gasteiger charge is 2.07. The van der Waals surface area contributed by atoms with Gasteiger partial charge >= 0.3 is 0 Å². The highest BCUT2D eigenvalue weighted by molar-refractivity contribution is 6.36. The van der Waals surface area contributed by atoms with Gasteiger partial charge in [-0.25, -0.2) is 0 Å². The van der Waals surface area contributed by atoms with Crippen molar-refractivity contribution in [1.29, 1.82) is 0 Å². The van der Waals surface area contributed by atoms with Crippen molar-refractivity contribution in [2.45, 2.75) is 6.92 Å². The van der Waals surface area contributed by atoms with Gasteiger partial charge in [-0.05, 0) is 18.6 Å². The summed E-state index contributed by atoms with van der Waals surface area (Å²) in [7, 11) is 0. The van der Waals surface area contributed by atoms with Crippen molar-refractivity contribution in [3.8, 4) is 0 Å². The zero-order valence-electron chi connectivity index (χ0n) is 7.40. The van der Waals surface area contributed by atoms with E-state index >= 15 is 0 Å². The van der Waals surface area contributed by atoms with Gasteiger partial charge in [0.25, 0.3) is 5.56 Å². The van der Waals surface area contributed by atoms with Gasteiger partial charge in [0.2, 0.25) is 0 Å². The Balaban J connectivity index is 3.06. The lowest BCUT2D eigenvalue weighted by atomic mass is 10.1. The van der Waals surface area contributed by atoms with Gasteiger partial charge in [-0.15, -0.1) is 0 Å². The van der Waals surface area contributed by atoms with E-state index in [1.165, 1.54) is 0 Å². The second-order valence-corrected chi connectivity index (χ2v) is 3.84. The first-order valence-corrected chi connectivity index (χ1v) is 4.83. The van der Waals surface area contributed by atoms with Crippen LogP contribution in [0.2, 0.25) is 10.0 Å². The fraction of sp³-hybridized carbons (Fsp3) is 0.100. The Hall–Kier alpha value is -0.990. The lowest BCUT2D eigenvalue weighted by molar-refractivity contribution is 1.28. The molecule has 0 radical (unpaired) electrons. The molecule has 0 aliphatic heterocycles. The lowest BCUT2D eigenvalue weighted by Gasteiger charge is -2.04. The van der Waals surface area contributed by atoms with Gasteiger partial charge in [-0.1, -0.05) is 35.3 Å². The number of hydrogen-bond acceptors (Lipinski definition) is 1. The molecular weight excluding hydrogens is 221 g/mol. The predicted molar refractivity (Wildman–Crippen MR) is 59.3 cm³/mol. The third kappa shape index (κ3) is 1.31. The van der Waals surface area contributed by atoms with Crippen LogP contribution in [0.1, 0.15) is 5.56 Å². The number of hydrogen-bond donors (Lipinski definition) is 1. The average Bonchev–Trinajstić information content (AvgIpc) is 2.17. The van der Waals surface area contributed by atoms with E-state index in [4.69, 9.17) is 23.2 Å². The Morgan fingerprint density at radius 1 is 1.29 bits per heavy atom. The van der Waals surface area contributed by atoms with Crippen molar-refractivity contribution in [1.82, 2.24) is 4.98 Å². The quantitative estimate of drug-likeness (QED) is 0.738.